The highest BCUT2D eigenvalue weighted by Gasteiger charge is 2.14. The highest BCUT2D eigenvalue weighted by Crippen LogP contribution is 2.37. The van der Waals surface area contributed by atoms with Gasteiger partial charge in [-0.2, -0.15) is 5.10 Å². The van der Waals surface area contributed by atoms with E-state index < -0.39 is 5.91 Å². The fourth-order valence-corrected chi connectivity index (χ4v) is 5.06. The lowest BCUT2D eigenvalue weighted by atomic mass is 10.2. The van der Waals surface area contributed by atoms with E-state index in [2.05, 4.69) is 57.0 Å². The molecule has 0 aliphatic carbocycles. The first-order valence-corrected chi connectivity index (χ1v) is 15.1. The number of halogens is 2. The number of aromatic nitrogens is 1. The molecule has 5 rings (SSSR count). The van der Waals surface area contributed by atoms with Gasteiger partial charge in [0, 0.05) is 21.5 Å². The van der Waals surface area contributed by atoms with E-state index in [1.54, 1.807) is 24.3 Å². The number of carbonyl (C=O) groups excluding carboxylic acids is 1. The highest BCUT2D eigenvalue weighted by molar-refractivity contribution is 9.10. The molecule has 226 valence electrons. The standard InChI is InChI=1S/C34H31BrClN3O5/c1-4-41-32-18-25(17-30(36)33(32)43-20-24-7-9-26(35)10-8-24)19-37-38-34(40)31-16-15-29(44-31)21-42-28-13-11-27(12-14-28)39-22(2)5-6-23(39)3/h5-19H,4,20-21H2,1-3H3,(H,38,40)/b37-19+. The molecule has 0 saturated carbocycles. The van der Waals surface area contributed by atoms with Gasteiger partial charge in [0.1, 0.15) is 24.7 Å². The van der Waals surface area contributed by atoms with Gasteiger partial charge >= 0.3 is 5.91 Å². The van der Waals surface area contributed by atoms with Gasteiger partial charge in [-0.1, -0.05) is 39.7 Å². The number of hydrazone groups is 1. The summed E-state index contributed by atoms with van der Waals surface area (Å²) in [5.41, 5.74) is 7.47. The van der Waals surface area contributed by atoms with Crippen LogP contribution in [-0.4, -0.2) is 23.3 Å². The van der Waals surface area contributed by atoms with E-state index >= 15 is 0 Å². The number of aryl methyl sites for hydroxylation is 2. The van der Waals surface area contributed by atoms with Crippen LogP contribution in [0.2, 0.25) is 5.02 Å². The Morgan fingerprint density at radius 3 is 2.36 bits per heavy atom. The summed E-state index contributed by atoms with van der Waals surface area (Å²) in [6, 6.07) is 26.5. The van der Waals surface area contributed by atoms with E-state index in [4.69, 9.17) is 30.2 Å². The number of ether oxygens (including phenoxy) is 3. The van der Waals surface area contributed by atoms with Crippen molar-refractivity contribution >= 4 is 39.7 Å². The average Bonchev–Trinajstić information content (AvgIpc) is 3.63. The lowest BCUT2D eigenvalue weighted by Crippen LogP contribution is -2.16. The molecular formula is C34H31BrClN3O5. The molecule has 3 aromatic carbocycles. The van der Waals surface area contributed by atoms with Crippen molar-refractivity contribution in [3.63, 3.8) is 0 Å². The van der Waals surface area contributed by atoms with Crippen LogP contribution >= 0.6 is 27.5 Å². The molecule has 2 aromatic heterocycles. The van der Waals surface area contributed by atoms with Crippen LogP contribution in [0.4, 0.5) is 0 Å². The summed E-state index contributed by atoms with van der Waals surface area (Å²) in [6.45, 7) is 6.94. The van der Waals surface area contributed by atoms with Gasteiger partial charge in [-0.25, -0.2) is 5.43 Å². The van der Waals surface area contributed by atoms with Gasteiger partial charge in [0.2, 0.25) is 0 Å². The van der Waals surface area contributed by atoms with E-state index in [0.717, 1.165) is 27.1 Å². The Hall–Kier alpha value is -4.47. The zero-order valence-corrected chi connectivity index (χ0v) is 26.8. The SMILES string of the molecule is CCOc1cc(/C=N/NC(=O)c2ccc(COc3ccc(-n4c(C)ccc4C)cc3)o2)cc(Cl)c1OCc1ccc(Br)cc1. The quantitative estimate of drug-likeness (QED) is 0.106. The van der Waals surface area contributed by atoms with Crippen molar-refractivity contribution in [3.05, 3.63) is 128 Å². The number of hydrogen-bond donors (Lipinski definition) is 1. The molecule has 44 heavy (non-hydrogen) atoms. The first kappa shape index (κ1) is 31.0. The molecule has 0 radical (unpaired) electrons. The molecule has 1 amide bonds. The molecule has 0 fully saturated rings. The lowest BCUT2D eigenvalue weighted by molar-refractivity contribution is 0.0923. The van der Waals surface area contributed by atoms with Crippen LogP contribution in [0.1, 0.15) is 45.8 Å². The molecule has 5 aromatic rings. The van der Waals surface area contributed by atoms with Crippen molar-refractivity contribution < 1.29 is 23.4 Å². The van der Waals surface area contributed by atoms with Crippen LogP contribution in [0.5, 0.6) is 17.2 Å². The van der Waals surface area contributed by atoms with Crippen LogP contribution in [0.15, 0.2) is 98.9 Å². The van der Waals surface area contributed by atoms with Gasteiger partial charge in [0.05, 0.1) is 17.8 Å². The molecule has 10 heteroatoms. The molecule has 8 nitrogen and oxygen atoms in total. The topological polar surface area (TPSA) is 87.2 Å². The Kier molecular flexibility index (Phi) is 10.1. The average molecular weight is 677 g/mol. The second-order valence-electron chi connectivity index (χ2n) is 9.88. The normalized spacial score (nSPS) is 11.1. The molecule has 1 N–H and O–H groups in total. The molecule has 0 aliphatic heterocycles. The van der Waals surface area contributed by atoms with Crippen molar-refractivity contribution in [1.82, 2.24) is 9.99 Å². The van der Waals surface area contributed by atoms with Gasteiger partial charge in [-0.3, -0.25) is 4.79 Å². The molecule has 0 aliphatic rings. The summed E-state index contributed by atoms with van der Waals surface area (Å²) in [5, 5.41) is 4.42. The molecule has 0 spiro atoms. The van der Waals surface area contributed by atoms with Crippen molar-refractivity contribution in [3.8, 4) is 22.9 Å². The predicted octanol–water partition coefficient (Wildman–Crippen LogP) is 8.42. The first-order chi connectivity index (χ1) is 21.3. The molecule has 0 bridgehead atoms. The maximum Gasteiger partial charge on any atom is 0.307 e. The summed E-state index contributed by atoms with van der Waals surface area (Å²) in [4.78, 5) is 12.6. The highest BCUT2D eigenvalue weighted by atomic mass is 79.9. The van der Waals surface area contributed by atoms with Crippen LogP contribution in [0.3, 0.4) is 0 Å². The number of carbonyl (C=O) groups is 1. The van der Waals surface area contributed by atoms with Crippen LogP contribution in [0, 0.1) is 13.8 Å². The van der Waals surface area contributed by atoms with Gasteiger partial charge in [0.15, 0.2) is 17.3 Å². The van der Waals surface area contributed by atoms with Crippen molar-refractivity contribution in [2.45, 2.75) is 34.0 Å². The summed E-state index contributed by atoms with van der Waals surface area (Å²) in [7, 11) is 0. The minimum atomic E-state index is -0.500. The van der Waals surface area contributed by atoms with Crippen molar-refractivity contribution in [2.24, 2.45) is 5.10 Å². The van der Waals surface area contributed by atoms with E-state index in [1.807, 2.05) is 55.5 Å². The maximum absolute atomic E-state index is 12.6. The van der Waals surface area contributed by atoms with Crippen LogP contribution < -0.4 is 19.6 Å². The fourth-order valence-electron chi connectivity index (χ4n) is 4.52. The van der Waals surface area contributed by atoms with E-state index in [1.165, 1.54) is 6.21 Å². The summed E-state index contributed by atoms with van der Waals surface area (Å²) in [5.74, 6) is 1.72. The number of nitrogens with zero attached hydrogens (tertiary/aromatic N) is 2. The van der Waals surface area contributed by atoms with Gasteiger partial charge in [0.25, 0.3) is 0 Å². The lowest BCUT2D eigenvalue weighted by Gasteiger charge is -2.14. The molecule has 0 atom stereocenters. The molecule has 2 heterocycles. The fraction of sp³-hybridized carbons (Fsp3) is 0.176. The van der Waals surface area contributed by atoms with E-state index in [0.29, 0.717) is 46.8 Å². The third kappa shape index (κ3) is 7.72. The number of furan rings is 1. The third-order valence-corrected chi connectivity index (χ3v) is 7.45. The minimum Gasteiger partial charge on any atom is -0.490 e. The molecular weight excluding hydrogens is 646 g/mol. The molecule has 0 saturated heterocycles. The van der Waals surface area contributed by atoms with Crippen molar-refractivity contribution in [1.29, 1.82) is 0 Å². The maximum atomic E-state index is 12.6. The van der Waals surface area contributed by atoms with E-state index in [-0.39, 0.29) is 12.4 Å². The number of rotatable bonds is 12. The summed E-state index contributed by atoms with van der Waals surface area (Å²) >= 11 is 9.96. The largest absolute Gasteiger partial charge is 0.490 e. The third-order valence-electron chi connectivity index (χ3n) is 6.64. The van der Waals surface area contributed by atoms with Crippen LogP contribution in [0.25, 0.3) is 5.69 Å². The number of benzene rings is 3. The van der Waals surface area contributed by atoms with Crippen LogP contribution in [-0.2, 0) is 13.2 Å². The molecule has 0 unspecified atom stereocenters. The number of hydrogen-bond acceptors (Lipinski definition) is 6. The van der Waals surface area contributed by atoms with Crippen molar-refractivity contribution in [2.75, 3.05) is 6.61 Å². The Morgan fingerprint density at radius 1 is 0.932 bits per heavy atom. The Morgan fingerprint density at radius 2 is 1.66 bits per heavy atom. The van der Waals surface area contributed by atoms with Gasteiger partial charge in [-0.15, -0.1) is 0 Å². The Labute approximate surface area is 269 Å². The van der Waals surface area contributed by atoms with Gasteiger partial charge < -0.3 is 23.2 Å². The zero-order valence-electron chi connectivity index (χ0n) is 24.5. The summed E-state index contributed by atoms with van der Waals surface area (Å²) < 4.78 is 26.4. The number of nitrogens with one attached hydrogen (secondary N) is 1. The Bertz CT molecular complexity index is 1740. The monoisotopic (exact) mass is 675 g/mol. The number of amides is 1. The van der Waals surface area contributed by atoms with Gasteiger partial charge in [-0.05, 0) is 105 Å². The first-order valence-electron chi connectivity index (χ1n) is 13.9. The Balaban J connectivity index is 1.15. The second-order valence-corrected chi connectivity index (χ2v) is 11.2. The predicted molar refractivity (Wildman–Crippen MR) is 174 cm³/mol. The second kappa shape index (κ2) is 14.3. The zero-order chi connectivity index (χ0) is 31.1. The van der Waals surface area contributed by atoms with E-state index in [9.17, 15) is 4.79 Å². The minimum absolute atomic E-state index is 0.111. The summed E-state index contributed by atoms with van der Waals surface area (Å²) in [6.07, 6.45) is 1.47. The smallest absolute Gasteiger partial charge is 0.307 e.